The lowest BCUT2D eigenvalue weighted by molar-refractivity contribution is -0.275. The summed E-state index contributed by atoms with van der Waals surface area (Å²) in [4.78, 5) is 8.12. The van der Waals surface area contributed by atoms with E-state index in [2.05, 4.69) is 15.3 Å². The molecule has 2 atom stereocenters. The summed E-state index contributed by atoms with van der Waals surface area (Å²) in [6.07, 6.45) is -4.04. The molecule has 0 spiro atoms. The molecule has 2 N–H and O–H groups in total. The first kappa shape index (κ1) is 20.5. The highest BCUT2D eigenvalue weighted by Gasteiger charge is 2.63. The van der Waals surface area contributed by atoms with E-state index in [1.807, 2.05) is 0 Å². The van der Waals surface area contributed by atoms with Gasteiger partial charge in [-0.15, -0.1) is 0 Å². The second-order valence-electron chi connectivity index (χ2n) is 8.42. The average molecular weight is 419 g/mol. The molecule has 1 heterocycles. The zero-order valence-electron chi connectivity index (χ0n) is 16.7. The van der Waals surface area contributed by atoms with Crippen molar-refractivity contribution in [2.75, 3.05) is 5.32 Å². The quantitative estimate of drug-likeness (QED) is 0.560. The standard InChI is InChI=1S/C22H21F4N3O/c1-12-27-10-14-17(9-8-16(23)18(14)28-12)29-19-13-6-4-5-7-15(13)20(2,3)11-21(19,30)22(24,25)26/h4-10,19,29-30H,11H2,1-3H3. The first-order valence-corrected chi connectivity index (χ1v) is 9.51. The van der Waals surface area contributed by atoms with E-state index in [4.69, 9.17) is 0 Å². The number of aromatic nitrogens is 2. The number of aryl methyl sites for hydroxylation is 1. The maximum atomic E-state index is 14.3. The second-order valence-corrected chi connectivity index (χ2v) is 8.42. The summed E-state index contributed by atoms with van der Waals surface area (Å²) in [7, 11) is 0. The molecule has 1 aromatic heterocycles. The van der Waals surface area contributed by atoms with Gasteiger partial charge in [-0.05, 0) is 42.0 Å². The lowest BCUT2D eigenvalue weighted by Gasteiger charge is -2.49. The Labute approximate surface area is 171 Å². The summed E-state index contributed by atoms with van der Waals surface area (Å²) < 4.78 is 56.8. The average Bonchev–Trinajstić information content (AvgIpc) is 2.66. The minimum atomic E-state index is -4.89. The normalized spacial score (nSPS) is 23.3. The lowest BCUT2D eigenvalue weighted by atomic mass is 9.63. The first-order chi connectivity index (χ1) is 13.9. The molecule has 8 heteroatoms. The highest BCUT2D eigenvalue weighted by molar-refractivity contribution is 5.91. The molecule has 0 fully saturated rings. The Morgan fingerprint density at radius 1 is 1.13 bits per heavy atom. The van der Waals surface area contributed by atoms with E-state index in [1.165, 1.54) is 12.3 Å². The molecular weight excluding hydrogens is 398 g/mol. The van der Waals surface area contributed by atoms with Crippen molar-refractivity contribution in [3.8, 4) is 0 Å². The van der Waals surface area contributed by atoms with E-state index in [0.717, 1.165) is 11.6 Å². The summed E-state index contributed by atoms with van der Waals surface area (Å²) >= 11 is 0. The van der Waals surface area contributed by atoms with Gasteiger partial charge in [0.05, 0.1) is 6.04 Å². The third-order valence-corrected chi connectivity index (χ3v) is 5.80. The van der Waals surface area contributed by atoms with E-state index >= 15 is 0 Å². The molecule has 158 valence electrons. The van der Waals surface area contributed by atoms with Crippen LogP contribution in [0.15, 0.2) is 42.6 Å². The first-order valence-electron chi connectivity index (χ1n) is 9.51. The Bertz CT molecular complexity index is 1130. The fourth-order valence-corrected chi connectivity index (χ4v) is 4.41. The van der Waals surface area contributed by atoms with Gasteiger partial charge < -0.3 is 10.4 Å². The van der Waals surface area contributed by atoms with Crippen LogP contribution in [0.5, 0.6) is 0 Å². The number of alkyl halides is 3. The minimum absolute atomic E-state index is 0.00692. The SMILES string of the molecule is Cc1ncc2c(NC3c4ccccc4C(C)(C)CC3(O)C(F)(F)F)ccc(F)c2n1. The van der Waals surface area contributed by atoms with Gasteiger partial charge in [-0.2, -0.15) is 13.2 Å². The predicted molar refractivity (Wildman–Crippen MR) is 106 cm³/mol. The molecule has 0 radical (unpaired) electrons. The molecule has 4 rings (SSSR count). The Hall–Kier alpha value is -2.74. The van der Waals surface area contributed by atoms with E-state index in [9.17, 15) is 22.7 Å². The molecule has 0 amide bonds. The van der Waals surface area contributed by atoms with E-state index in [0.29, 0.717) is 11.4 Å². The number of aliphatic hydroxyl groups is 1. The zero-order chi connectivity index (χ0) is 21.9. The number of halogens is 4. The monoisotopic (exact) mass is 419 g/mol. The van der Waals surface area contributed by atoms with Gasteiger partial charge in [-0.3, -0.25) is 0 Å². The van der Waals surface area contributed by atoms with Crippen LogP contribution in [-0.4, -0.2) is 26.9 Å². The van der Waals surface area contributed by atoms with Crippen LogP contribution in [0.4, 0.5) is 23.2 Å². The van der Waals surface area contributed by atoms with Crippen molar-refractivity contribution in [1.82, 2.24) is 9.97 Å². The molecule has 1 aliphatic rings. The number of nitrogens with one attached hydrogen (secondary N) is 1. The van der Waals surface area contributed by atoms with Gasteiger partial charge in [0.25, 0.3) is 0 Å². The van der Waals surface area contributed by atoms with E-state index in [-0.39, 0.29) is 16.6 Å². The van der Waals surface area contributed by atoms with Crippen molar-refractivity contribution < 1.29 is 22.7 Å². The Morgan fingerprint density at radius 2 is 1.83 bits per heavy atom. The molecular formula is C22H21F4N3O. The van der Waals surface area contributed by atoms with Crippen molar-refractivity contribution in [1.29, 1.82) is 0 Å². The van der Waals surface area contributed by atoms with Crippen LogP contribution in [-0.2, 0) is 5.41 Å². The second kappa shape index (κ2) is 6.63. The Kier molecular flexibility index (Phi) is 4.54. The van der Waals surface area contributed by atoms with Gasteiger partial charge in [0.1, 0.15) is 17.2 Å². The van der Waals surface area contributed by atoms with Gasteiger partial charge in [-0.25, -0.2) is 14.4 Å². The summed E-state index contributed by atoms with van der Waals surface area (Å²) in [5.74, 6) is -0.257. The Balaban J connectivity index is 1.92. The third-order valence-electron chi connectivity index (χ3n) is 5.80. The fourth-order valence-electron chi connectivity index (χ4n) is 4.41. The van der Waals surface area contributed by atoms with Crippen LogP contribution in [0, 0.1) is 12.7 Å². The number of hydrogen-bond acceptors (Lipinski definition) is 4. The molecule has 3 aromatic rings. The molecule has 0 saturated carbocycles. The van der Waals surface area contributed by atoms with E-state index in [1.54, 1.807) is 45.0 Å². The molecule has 1 aliphatic carbocycles. The van der Waals surface area contributed by atoms with Crippen molar-refractivity contribution >= 4 is 16.6 Å². The molecule has 4 nitrogen and oxygen atoms in total. The van der Waals surface area contributed by atoms with E-state index < -0.39 is 35.5 Å². The zero-order valence-corrected chi connectivity index (χ0v) is 16.7. The van der Waals surface area contributed by atoms with Crippen LogP contribution < -0.4 is 5.32 Å². The number of nitrogens with zero attached hydrogens (tertiary/aromatic N) is 2. The smallest absolute Gasteiger partial charge is 0.379 e. The van der Waals surface area contributed by atoms with Crippen molar-refractivity contribution in [2.45, 2.75) is 50.4 Å². The maximum Gasteiger partial charge on any atom is 0.419 e. The topological polar surface area (TPSA) is 58.0 Å². The molecule has 0 bridgehead atoms. The van der Waals surface area contributed by atoms with Crippen molar-refractivity contribution in [3.05, 3.63) is 65.4 Å². The predicted octanol–water partition coefficient (Wildman–Crippen LogP) is 5.21. The lowest BCUT2D eigenvalue weighted by Crippen LogP contribution is -2.58. The van der Waals surface area contributed by atoms with Crippen LogP contribution in [0.1, 0.15) is 43.3 Å². The van der Waals surface area contributed by atoms with Crippen LogP contribution in [0.3, 0.4) is 0 Å². The minimum Gasteiger partial charge on any atom is -0.379 e. The number of benzene rings is 2. The number of rotatable bonds is 2. The Morgan fingerprint density at radius 3 is 2.53 bits per heavy atom. The summed E-state index contributed by atoms with van der Waals surface area (Å²) in [5, 5.41) is 14.1. The molecule has 0 saturated heterocycles. The summed E-state index contributed by atoms with van der Waals surface area (Å²) in [6, 6.07) is 7.75. The highest BCUT2D eigenvalue weighted by atomic mass is 19.4. The maximum absolute atomic E-state index is 14.3. The number of hydrogen-bond donors (Lipinski definition) is 2. The molecule has 2 aromatic carbocycles. The third kappa shape index (κ3) is 3.10. The molecule has 0 aliphatic heterocycles. The highest BCUT2D eigenvalue weighted by Crippen LogP contribution is 2.54. The van der Waals surface area contributed by atoms with Gasteiger partial charge in [0, 0.05) is 17.3 Å². The van der Waals surface area contributed by atoms with Crippen LogP contribution in [0.25, 0.3) is 10.9 Å². The summed E-state index contributed by atoms with van der Waals surface area (Å²) in [5.41, 5.74) is -2.64. The largest absolute Gasteiger partial charge is 0.419 e. The van der Waals surface area contributed by atoms with Crippen molar-refractivity contribution in [2.24, 2.45) is 0 Å². The van der Waals surface area contributed by atoms with Gasteiger partial charge in [-0.1, -0.05) is 38.1 Å². The summed E-state index contributed by atoms with van der Waals surface area (Å²) in [6.45, 7) is 4.96. The van der Waals surface area contributed by atoms with Crippen molar-refractivity contribution in [3.63, 3.8) is 0 Å². The van der Waals surface area contributed by atoms with Crippen LogP contribution >= 0.6 is 0 Å². The molecule has 2 unspecified atom stereocenters. The molecule has 30 heavy (non-hydrogen) atoms. The van der Waals surface area contributed by atoms with Gasteiger partial charge in [0.2, 0.25) is 0 Å². The van der Waals surface area contributed by atoms with Gasteiger partial charge >= 0.3 is 6.18 Å². The fraction of sp³-hybridized carbons (Fsp3) is 0.364. The number of fused-ring (bicyclic) bond motifs is 2. The number of anilines is 1. The van der Waals surface area contributed by atoms with Gasteiger partial charge in [0.15, 0.2) is 5.60 Å². The van der Waals surface area contributed by atoms with Crippen LogP contribution in [0.2, 0.25) is 0 Å².